The van der Waals surface area contributed by atoms with Crippen molar-refractivity contribution in [1.29, 1.82) is 5.26 Å². The zero-order valence-electron chi connectivity index (χ0n) is 16.6. The van der Waals surface area contributed by atoms with Crippen LogP contribution in [0.4, 0.5) is 17.2 Å². The molecule has 0 spiro atoms. The fourth-order valence-electron chi connectivity index (χ4n) is 2.73. The van der Waals surface area contributed by atoms with E-state index in [2.05, 4.69) is 20.6 Å². The number of carbonyl (C=O) groups is 1. The highest BCUT2D eigenvalue weighted by molar-refractivity contribution is 7.85. The minimum atomic E-state index is -4.47. The lowest BCUT2D eigenvalue weighted by molar-refractivity contribution is -0.114. The Labute approximate surface area is 187 Å². The van der Waals surface area contributed by atoms with Crippen LogP contribution in [0.3, 0.4) is 0 Å². The number of aryl methyl sites for hydroxylation is 1. The van der Waals surface area contributed by atoms with Crippen molar-refractivity contribution in [2.45, 2.75) is 18.7 Å². The van der Waals surface area contributed by atoms with Gasteiger partial charge in [-0.3, -0.25) is 9.35 Å². The fraction of sp³-hybridized carbons (Fsp3) is 0.105. The number of azo groups is 1. The summed E-state index contributed by atoms with van der Waals surface area (Å²) in [6, 6.07) is 9.84. The van der Waals surface area contributed by atoms with Gasteiger partial charge in [0.25, 0.3) is 10.1 Å². The van der Waals surface area contributed by atoms with Crippen molar-refractivity contribution in [3.8, 4) is 17.5 Å². The van der Waals surface area contributed by atoms with Crippen LogP contribution in [0.2, 0.25) is 5.02 Å². The first-order chi connectivity index (χ1) is 15.0. The van der Waals surface area contributed by atoms with Gasteiger partial charge in [-0.05, 0) is 37.3 Å². The number of anilines is 1. The van der Waals surface area contributed by atoms with Crippen molar-refractivity contribution in [2.75, 3.05) is 5.32 Å². The average Bonchev–Trinajstić information content (AvgIpc) is 3.04. The summed E-state index contributed by atoms with van der Waals surface area (Å²) in [6.45, 7) is 2.82. The molecule has 0 aliphatic heterocycles. The van der Waals surface area contributed by atoms with Crippen LogP contribution in [0.1, 0.15) is 18.2 Å². The molecule has 13 heteroatoms. The Morgan fingerprint density at radius 1 is 1.28 bits per heavy atom. The molecular formula is C19H15ClN6O5S. The largest absolute Gasteiger partial charge is 0.504 e. The molecule has 1 amide bonds. The third-order valence-corrected chi connectivity index (χ3v) is 5.26. The normalized spacial score (nSPS) is 11.5. The van der Waals surface area contributed by atoms with E-state index in [1.807, 2.05) is 6.07 Å². The number of phenolic OH excluding ortho intramolecular Hbond substituents is 1. The monoisotopic (exact) mass is 474 g/mol. The molecular weight excluding hydrogens is 460 g/mol. The summed E-state index contributed by atoms with van der Waals surface area (Å²) in [5, 5.41) is 34.1. The number of benzene rings is 2. The third-order valence-electron chi connectivity index (χ3n) is 4.13. The van der Waals surface area contributed by atoms with Gasteiger partial charge in [0, 0.05) is 6.92 Å². The van der Waals surface area contributed by atoms with Crippen LogP contribution in [0, 0.1) is 18.3 Å². The van der Waals surface area contributed by atoms with E-state index in [0.29, 0.717) is 5.69 Å². The smallest absolute Gasteiger partial charge is 0.294 e. The second-order valence-electron chi connectivity index (χ2n) is 6.48. The number of nitrogens with zero attached hydrogens (tertiary/aromatic N) is 5. The predicted molar refractivity (Wildman–Crippen MR) is 114 cm³/mol. The van der Waals surface area contributed by atoms with Crippen LogP contribution >= 0.6 is 11.6 Å². The Hall–Kier alpha value is -3.79. The van der Waals surface area contributed by atoms with E-state index < -0.39 is 16.0 Å². The number of amides is 1. The highest BCUT2D eigenvalue weighted by Crippen LogP contribution is 2.37. The average molecular weight is 475 g/mol. The number of nitrogens with one attached hydrogen (secondary N) is 1. The fourth-order valence-corrected chi connectivity index (χ4v) is 3.46. The zero-order valence-corrected chi connectivity index (χ0v) is 18.2. The van der Waals surface area contributed by atoms with Crippen molar-refractivity contribution in [2.24, 2.45) is 10.2 Å². The molecule has 0 radical (unpaired) electrons. The van der Waals surface area contributed by atoms with Gasteiger partial charge in [0.05, 0.1) is 32.7 Å². The van der Waals surface area contributed by atoms with E-state index in [-0.39, 0.29) is 44.1 Å². The standard InChI is InChI=1S/C19H15ClN6O5S/c1-10-15(9-21)19(26(25-10)13-4-3-5-14(8-13)32(29,30)31)24-23-12-6-16(20)18(28)17(7-12)22-11(2)27/h3-8,28H,1-2H3,(H,22,27)(H,29,30,31). The van der Waals surface area contributed by atoms with E-state index in [0.717, 1.165) is 6.07 Å². The topological polar surface area (TPSA) is 170 Å². The van der Waals surface area contributed by atoms with Crippen molar-refractivity contribution in [1.82, 2.24) is 9.78 Å². The molecule has 3 rings (SSSR count). The van der Waals surface area contributed by atoms with Gasteiger partial charge in [-0.2, -0.15) is 18.8 Å². The Morgan fingerprint density at radius 3 is 2.62 bits per heavy atom. The highest BCUT2D eigenvalue weighted by atomic mass is 35.5. The molecule has 0 saturated carbocycles. The lowest BCUT2D eigenvalue weighted by Crippen LogP contribution is -2.05. The first-order valence-electron chi connectivity index (χ1n) is 8.80. The molecule has 0 saturated heterocycles. The third kappa shape index (κ3) is 4.75. The van der Waals surface area contributed by atoms with Gasteiger partial charge in [-0.15, -0.1) is 10.2 Å². The van der Waals surface area contributed by atoms with E-state index in [9.17, 15) is 28.1 Å². The lowest BCUT2D eigenvalue weighted by Gasteiger charge is -2.08. The molecule has 3 aromatic rings. The van der Waals surface area contributed by atoms with Crippen molar-refractivity contribution in [3.63, 3.8) is 0 Å². The summed E-state index contributed by atoms with van der Waals surface area (Å²) in [7, 11) is -4.47. The van der Waals surface area contributed by atoms with Crippen molar-refractivity contribution >= 4 is 44.8 Å². The van der Waals surface area contributed by atoms with E-state index in [1.165, 1.54) is 41.9 Å². The Balaban J connectivity index is 2.13. The molecule has 0 fully saturated rings. The van der Waals surface area contributed by atoms with Crippen LogP contribution in [0.15, 0.2) is 51.5 Å². The van der Waals surface area contributed by atoms with Gasteiger partial charge in [0.15, 0.2) is 11.6 Å². The Morgan fingerprint density at radius 2 is 2.00 bits per heavy atom. The maximum Gasteiger partial charge on any atom is 0.294 e. The Kier molecular flexibility index (Phi) is 6.26. The number of rotatable bonds is 5. The van der Waals surface area contributed by atoms with Crippen LogP contribution < -0.4 is 5.32 Å². The summed E-state index contributed by atoms with van der Waals surface area (Å²) in [4.78, 5) is 11.0. The molecule has 0 aliphatic carbocycles. The van der Waals surface area contributed by atoms with Gasteiger partial charge < -0.3 is 10.4 Å². The molecule has 0 bridgehead atoms. The minimum Gasteiger partial charge on any atom is -0.504 e. The number of hydrogen-bond donors (Lipinski definition) is 3. The molecule has 1 heterocycles. The molecule has 0 aliphatic rings. The van der Waals surface area contributed by atoms with E-state index in [1.54, 1.807) is 6.92 Å². The van der Waals surface area contributed by atoms with E-state index >= 15 is 0 Å². The van der Waals surface area contributed by atoms with Crippen molar-refractivity contribution < 1.29 is 22.9 Å². The van der Waals surface area contributed by atoms with Crippen molar-refractivity contribution in [3.05, 3.63) is 52.7 Å². The highest BCUT2D eigenvalue weighted by Gasteiger charge is 2.19. The maximum atomic E-state index is 11.5. The number of aromatic nitrogens is 2. The number of phenols is 1. The summed E-state index contributed by atoms with van der Waals surface area (Å²) >= 11 is 5.98. The van der Waals surface area contributed by atoms with Crippen LogP contribution in [-0.2, 0) is 14.9 Å². The summed E-state index contributed by atoms with van der Waals surface area (Å²) in [5.74, 6) is -0.797. The molecule has 0 unspecified atom stereocenters. The summed E-state index contributed by atoms with van der Waals surface area (Å²) < 4.78 is 33.5. The number of aromatic hydroxyl groups is 1. The minimum absolute atomic E-state index is 0.0113. The molecule has 3 N–H and O–H groups in total. The number of nitriles is 1. The predicted octanol–water partition coefficient (Wildman–Crippen LogP) is 4.03. The van der Waals surface area contributed by atoms with Gasteiger partial charge in [-0.25, -0.2) is 4.68 Å². The molecule has 2 aromatic carbocycles. The van der Waals surface area contributed by atoms with E-state index in [4.69, 9.17) is 11.6 Å². The number of halogens is 1. The number of carbonyl (C=O) groups excluding carboxylic acids is 1. The molecule has 0 atom stereocenters. The lowest BCUT2D eigenvalue weighted by atomic mass is 10.2. The number of hydrogen-bond acceptors (Lipinski definition) is 8. The second-order valence-corrected chi connectivity index (χ2v) is 8.31. The first-order valence-corrected chi connectivity index (χ1v) is 10.6. The molecule has 164 valence electrons. The van der Waals surface area contributed by atoms with Crippen LogP contribution in [0.25, 0.3) is 5.69 Å². The second kappa shape index (κ2) is 8.75. The van der Waals surface area contributed by atoms with Gasteiger partial charge in [-0.1, -0.05) is 17.7 Å². The molecule has 32 heavy (non-hydrogen) atoms. The first kappa shape index (κ1) is 22.9. The van der Waals surface area contributed by atoms with Gasteiger partial charge in [0.2, 0.25) is 5.91 Å². The van der Waals surface area contributed by atoms with Gasteiger partial charge >= 0.3 is 0 Å². The molecule has 11 nitrogen and oxygen atoms in total. The SMILES string of the molecule is CC(=O)Nc1cc(N=Nc2c(C#N)c(C)nn2-c2cccc(S(=O)(=O)O)c2)cc(Cl)c1O. The maximum absolute atomic E-state index is 11.5. The zero-order chi connectivity index (χ0) is 23.6. The Bertz CT molecular complexity index is 1410. The quantitative estimate of drug-likeness (QED) is 0.284. The van der Waals surface area contributed by atoms with Crippen LogP contribution in [0.5, 0.6) is 5.75 Å². The summed E-state index contributed by atoms with van der Waals surface area (Å²) in [5.41, 5.74) is 0.767. The summed E-state index contributed by atoms with van der Waals surface area (Å²) in [6.07, 6.45) is 0. The molecule has 1 aromatic heterocycles. The van der Waals surface area contributed by atoms with Gasteiger partial charge in [0.1, 0.15) is 11.6 Å². The van der Waals surface area contributed by atoms with Crippen LogP contribution in [-0.4, -0.2) is 33.8 Å².